The van der Waals surface area contributed by atoms with Crippen molar-refractivity contribution in [3.8, 4) is 10.8 Å². The molecule has 1 aromatic heterocycles. The second-order valence-corrected chi connectivity index (χ2v) is 9.24. The number of hydrogen-bond donors (Lipinski definition) is 1. The van der Waals surface area contributed by atoms with Gasteiger partial charge in [-0.1, -0.05) is 30.4 Å². The molecular weight excluding hydrogens is 423 g/mol. The number of rotatable bonds is 6. The van der Waals surface area contributed by atoms with Gasteiger partial charge in [-0.05, 0) is 48.2 Å². The number of benzene rings is 2. The summed E-state index contributed by atoms with van der Waals surface area (Å²) in [5.41, 5.74) is 0.791. The summed E-state index contributed by atoms with van der Waals surface area (Å²) in [5.74, 6) is 0.734. The molecule has 6 nitrogen and oxygen atoms in total. The quantitative estimate of drug-likeness (QED) is 0.494. The van der Waals surface area contributed by atoms with E-state index in [0.717, 1.165) is 29.6 Å². The molecule has 2 aromatic carbocycles. The number of aromatic nitrogens is 1. The second-order valence-electron chi connectivity index (χ2n) is 7.07. The zero-order chi connectivity index (χ0) is 21.1. The average molecular weight is 445 g/mol. The Morgan fingerprint density at radius 2 is 2.10 bits per heavy atom. The van der Waals surface area contributed by atoms with E-state index >= 15 is 0 Å². The highest BCUT2D eigenvalue weighted by atomic mass is 32.2. The smallest absolute Gasteiger partial charge is 0.327 e. The molecule has 0 spiro atoms. The first-order valence-electron chi connectivity index (χ1n) is 9.43. The topological polar surface area (TPSA) is 57.7 Å². The number of nitrogens with one attached hydrogen (secondary N) is 1. The lowest BCUT2D eigenvalue weighted by Crippen LogP contribution is -2.39. The highest BCUT2D eigenvalue weighted by Gasteiger charge is 2.23. The predicted molar refractivity (Wildman–Crippen MR) is 119 cm³/mol. The van der Waals surface area contributed by atoms with Gasteiger partial charge in [-0.25, -0.2) is 18.5 Å². The Hall–Kier alpha value is -2.62. The van der Waals surface area contributed by atoms with Gasteiger partial charge < -0.3 is 4.74 Å². The molecule has 30 heavy (non-hydrogen) atoms. The molecule has 1 aliphatic rings. The zero-order valence-corrected chi connectivity index (χ0v) is 18.2. The molecule has 0 aliphatic carbocycles. The molecule has 1 fully saturated rings. The van der Waals surface area contributed by atoms with Crippen LogP contribution in [0.4, 0.5) is 20.0 Å². The van der Waals surface area contributed by atoms with Gasteiger partial charge in [0.15, 0.2) is 5.13 Å². The maximum Gasteiger partial charge on any atom is 0.327 e. The lowest BCUT2D eigenvalue weighted by molar-refractivity contribution is 0.239. The van der Waals surface area contributed by atoms with Gasteiger partial charge >= 0.3 is 6.03 Å². The van der Waals surface area contributed by atoms with Gasteiger partial charge in [-0.15, -0.1) is 0 Å². The predicted octanol–water partition coefficient (Wildman–Crippen LogP) is 5.70. The molecule has 9 heteroatoms. The molecule has 4 rings (SSSR count). The van der Waals surface area contributed by atoms with Crippen LogP contribution < -0.4 is 15.0 Å². The minimum atomic E-state index is -0.379. The molecule has 0 atom stereocenters. The van der Waals surface area contributed by atoms with E-state index in [2.05, 4.69) is 21.5 Å². The molecule has 156 valence electrons. The minimum Gasteiger partial charge on any atom is -0.445 e. The summed E-state index contributed by atoms with van der Waals surface area (Å²) in [7, 11) is 1.71. The largest absolute Gasteiger partial charge is 0.445 e. The maximum absolute atomic E-state index is 13.3. The Bertz CT molecular complexity index is 1040. The number of carbonyl (C=O) groups is 1. The van der Waals surface area contributed by atoms with E-state index < -0.39 is 0 Å². The van der Waals surface area contributed by atoms with E-state index in [0.29, 0.717) is 15.9 Å². The lowest BCUT2D eigenvalue weighted by atomic mass is 10.1. The molecule has 1 aliphatic heterocycles. The Morgan fingerprint density at radius 3 is 2.87 bits per heavy atom. The fraction of sp³-hybridized carbons (Fsp3) is 0.238. The van der Waals surface area contributed by atoms with Gasteiger partial charge in [0, 0.05) is 36.8 Å². The van der Waals surface area contributed by atoms with Crippen molar-refractivity contribution in [2.24, 2.45) is 5.92 Å². The van der Waals surface area contributed by atoms with Gasteiger partial charge in [0.2, 0.25) is 5.06 Å². The van der Waals surface area contributed by atoms with Crippen LogP contribution in [0.1, 0.15) is 6.92 Å². The average Bonchev–Trinajstić information content (AvgIpc) is 3.13. The van der Waals surface area contributed by atoms with Gasteiger partial charge in [0.25, 0.3) is 0 Å². The van der Waals surface area contributed by atoms with E-state index in [4.69, 9.17) is 4.74 Å². The van der Waals surface area contributed by atoms with Crippen molar-refractivity contribution in [1.82, 2.24) is 9.29 Å². The summed E-state index contributed by atoms with van der Waals surface area (Å²) in [4.78, 5) is 19.4. The molecule has 2 amide bonds. The van der Waals surface area contributed by atoms with Crippen LogP contribution in [0, 0.1) is 11.7 Å². The zero-order valence-electron chi connectivity index (χ0n) is 16.5. The van der Waals surface area contributed by atoms with Crippen molar-refractivity contribution in [2.75, 3.05) is 30.4 Å². The second kappa shape index (κ2) is 9.03. The van der Waals surface area contributed by atoms with Crippen LogP contribution in [0.3, 0.4) is 0 Å². The molecule has 0 radical (unpaired) electrons. The first-order valence-corrected chi connectivity index (χ1v) is 11.0. The fourth-order valence-electron chi connectivity index (χ4n) is 2.92. The van der Waals surface area contributed by atoms with Crippen molar-refractivity contribution >= 4 is 40.1 Å². The molecule has 2 heterocycles. The molecular formula is C21H21FN4O2S2. The summed E-state index contributed by atoms with van der Waals surface area (Å²) in [6.07, 6.45) is 1.50. The van der Waals surface area contributed by atoms with E-state index in [-0.39, 0.29) is 11.8 Å². The van der Waals surface area contributed by atoms with Crippen molar-refractivity contribution in [2.45, 2.75) is 11.8 Å². The number of amides is 2. The lowest BCUT2D eigenvalue weighted by Gasteiger charge is -2.35. The third-order valence-corrected chi connectivity index (χ3v) is 6.30. The van der Waals surface area contributed by atoms with Gasteiger partial charge in [0.1, 0.15) is 11.6 Å². The SMILES string of the molecule is CC1CN(Sc2cccc(N(C)C(=O)Nc3ncc(Oc4cccc(F)c4)s3)c2)C1. The van der Waals surface area contributed by atoms with Gasteiger partial charge in [0.05, 0.1) is 6.20 Å². The van der Waals surface area contributed by atoms with E-state index in [1.165, 1.54) is 34.6 Å². The summed E-state index contributed by atoms with van der Waals surface area (Å²) >= 11 is 2.88. The van der Waals surface area contributed by atoms with Crippen molar-refractivity contribution in [3.05, 3.63) is 60.5 Å². The minimum absolute atomic E-state index is 0.304. The first-order chi connectivity index (χ1) is 14.5. The molecule has 0 bridgehead atoms. The number of thiazole rings is 1. The Morgan fingerprint density at radius 1 is 1.30 bits per heavy atom. The van der Waals surface area contributed by atoms with Crippen LogP contribution in [0.2, 0.25) is 0 Å². The van der Waals surface area contributed by atoms with Crippen LogP contribution in [-0.2, 0) is 0 Å². The highest BCUT2D eigenvalue weighted by molar-refractivity contribution is 7.97. The Balaban J connectivity index is 1.36. The third-order valence-electron chi connectivity index (χ3n) is 4.49. The number of urea groups is 1. The summed E-state index contributed by atoms with van der Waals surface area (Å²) in [6.45, 7) is 4.39. The van der Waals surface area contributed by atoms with E-state index in [1.807, 2.05) is 24.3 Å². The summed E-state index contributed by atoms with van der Waals surface area (Å²) < 4.78 is 21.2. The van der Waals surface area contributed by atoms with Crippen LogP contribution in [0.5, 0.6) is 10.8 Å². The number of hydrogen-bond acceptors (Lipinski definition) is 6. The highest BCUT2D eigenvalue weighted by Crippen LogP contribution is 2.33. The van der Waals surface area contributed by atoms with E-state index in [1.54, 1.807) is 31.1 Å². The van der Waals surface area contributed by atoms with Gasteiger partial charge in [-0.2, -0.15) is 0 Å². The van der Waals surface area contributed by atoms with Crippen molar-refractivity contribution in [3.63, 3.8) is 0 Å². The van der Waals surface area contributed by atoms with Crippen molar-refractivity contribution in [1.29, 1.82) is 0 Å². The number of halogens is 1. The van der Waals surface area contributed by atoms with Crippen LogP contribution in [0.25, 0.3) is 0 Å². The summed E-state index contributed by atoms with van der Waals surface area (Å²) in [6, 6.07) is 13.4. The number of ether oxygens (including phenoxy) is 1. The van der Waals surface area contributed by atoms with Crippen molar-refractivity contribution < 1.29 is 13.9 Å². The normalized spacial score (nSPS) is 14.2. The Kier molecular flexibility index (Phi) is 6.21. The standard InChI is InChI=1S/C21H21FN4O2S2/c1-14-12-26(13-14)30-18-8-4-6-16(10-18)25(2)21(27)24-20-23-11-19(29-20)28-17-7-3-5-15(22)9-17/h3-11,14H,12-13H2,1-2H3,(H,23,24,27). The van der Waals surface area contributed by atoms with Gasteiger partial charge in [-0.3, -0.25) is 10.2 Å². The molecule has 1 saturated heterocycles. The molecule has 0 saturated carbocycles. The first kappa shape index (κ1) is 20.6. The fourth-order valence-corrected chi connectivity index (χ4v) is 4.86. The Labute approximate surface area is 182 Å². The monoisotopic (exact) mass is 444 g/mol. The maximum atomic E-state index is 13.3. The molecule has 1 N–H and O–H groups in total. The summed E-state index contributed by atoms with van der Waals surface area (Å²) in [5, 5.41) is 3.63. The third kappa shape index (κ3) is 5.10. The van der Waals surface area contributed by atoms with Crippen LogP contribution in [0.15, 0.2) is 59.6 Å². The number of carbonyl (C=O) groups excluding carboxylic acids is 1. The molecule has 0 unspecified atom stereocenters. The van der Waals surface area contributed by atoms with E-state index in [9.17, 15) is 9.18 Å². The molecule has 3 aromatic rings. The van der Waals surface area contributed by atoms with Crippen LogP contribution >= 0.6 is 23.3 Å². The number of nitrogens with zero attached hydrogens (tertiary/aromatic N) is 3. The number of anilines is 2. The van der Waals surface area contributed by atoms with Crippen LogP contribution in [-0.4, -0.2) is 35.5 Å².